The highest BCUT2D eigenvalue weighted by molar-refractivity contribution is 14.1. The third kappa shape index (κ3) is 5.55. The Hall–Kier alpha value is -1.88. The van der Waals surface area contributed by atoms with Crippen molar-refractivity contribution in [3.05, 3.63) is 28.1 Å². The molecule has 2 amide bonds. The summed E-state index contributed by atoms with van der Waals surface area (Å²) in [7, 11) is 0. The van der Waals surface area contributed by atoms with Crippen molar-refractivity contribution in [1.82, 2.24) is 14.3 Å². The number of amides is 2. The highest BCUT2D eigenvalue weighted by Crippen LogP contribution is 2.17. The van der Waals surface area contributed by atoms with Crippen molar-refractivity contribution in [1.29, 1.82) is 0 Å². The average molecular weight is 486 g/mol. The van der Waals surface area contributed by atoms with E-state index in [1.165, 1.54) is 0 Å². The van der Waals surface area contributed by atoms with Gasteiger partial charge in [0.25, 0.3) is 5.91 Å². The molecule has 0 spiro atoms. The molecule has 1 unspecified atom stereocenters. The van der Waals surface area contributed by atoms with Gasteiger partial charge in [0.15, 0.2) is 5.82 Å². The fourth-order valence-electron chi connectivity index (χ4n) is 2.75. The quantitative estimate of drug-likeness (QED) is 0.673. The number of nitrogens with one attached hydrogen (secondary N) is 1. The summed E-state index contributed by atoms with van der Waals surface area (Å²) in [6.45, 7) is 6.40. The molecule has 0 aromatic carbocycles. The van der Waals surface area contributed by atoms with Crippen LogP contribution in [-0.4, -0.2) is 57.7 Å². The maximum absolute atomic E-state index is 12.1. The van der Waals surface area contributed by atoms with E-state index in [1.807, 2.05) is 43.5 Å². The molecule has 146 valence electrons. The highest BCUT2D eigenvalue weighted by atomic mass is 127. The van der Waals surface area contributed by atoms with E-state index in [0.29, 0.717) is 25.3 Å². The van der Waals surface area contributed by atoms with Crippen LogP contribution in [0.3, 0.4) is 0 Å². The number of imidazole rings is 1. The second-order valence-electron chi connectivity index (χ2n) is 7.44. The first kappa shape index (κ1) is 19.9. The van der Waals surface area contributed by atoms with E-state index in [4.69, 9.17) is 9.47 Å². The lowest BCUT2D eigenvalue weighted by atomic mass is 10.2. The molecule has 1 fully saturated rings. The molecule has 1 aliphatic rings. The number of ether oxygens (including phenoxy) is 2. The third-order valence-corrected chi connectivity index (χ3v) is 4.57. The summed E-state index contributed by atoms with van der Waals surface area (Å²) >= 11 is 2.22. The van der Waals surface area contributed by atoms with E-state index in [-0.39, 0.29) is 24.7 Å². The third-order valence-electron chi connectivity index (χ3n) is 3.93. The standard InChI is InChI=1S/C18H23IN4O4/c1-18(2,3)27-17(25)22-7-6-13(9-22)26-11-16(24)21-14-10-23-8-12(19)4-5-15(23)20-14/h4-5,8,10,13H,6-7,9,11H2,1-3H3,(H,21,24). The minimum atomic E-state index is -0.526. The first-order chi connectivity index (χ1) is 12.7. The van der Waals surface area contributed by atoms with Gasteiger partial charge in [-0.3, -0.25) is 4.79 Å². The van der Waals surface area contributed by atoms with Gasteiger partial charge in [-0.05, 0) is 61.9 Å². The zero-order valence-electron chi connectivity index (χ0n) is 15.6. The van der Waals surface area contributed by atoms with Crippen LogP contribution in [-0.2, 0) is 14.3 Å². The lowest BCUT2D eigenvalue weighted by Gasteiger charge is -2.24. The zero-order chi connectivity index (χ0) is 19.6. The summed E-state index contributed by atoms with van der Waals surface area (Å²) in [5, 5.41) is 2.74. The van der Waals surface area contributed by atoms with Gasteiger partial charge in [-0.1, -0.05) is 0 Å². The molecule has 3 rings (SSSR count). The molecule has 0 radical (unpaired) electrons. The number of aromatic nitrogens is 2. The van der Waals surface area contributed by atoms with Crippen LogP contribution in [0.2, 0.25) is 0 Å². The molecule has 1 aliphatic heterocycles. The van der Waals surface area contributed by atoms with Gasteiger partial charge in [0.05, 0.1) is 18.8 Å². The molecule has 0 saturated carbocycles. The predicted octanol–water partition coefficient (Wildman–Crippen LogP) is 2.90. The first-order valence-electron chi connectivity index (χ1n) is 8.73. The smallest absolute Gasteiger partial charge is 0.410 e. The van der Waals surface area contributed by atoms with Gasteiger partial charge >= 0.3 is 6.09 Å². The minimum Gasteiger partial charge on any atom is -0.444 e. The molecule has 3 heterocycles. The Bertz CT molecular complexity index is 845. The molecule has 9 heteroatoms. The molecule has 2 aromatic heterocycles. The minimum absolute atomic E-state index is 0.0851. The number of fused-ring (bicyclic) bond motifs is 1. The van der Waals surface area contributed by atoms with Crippen molar-refractivity contribution < 1.29 is 19.1 Å². The molecular weight excluding hydrogens is 463 g/mol. The number of hydrogen-bond donors (Lipinski definition) is 1. The molecular formula is C18H23IN4O4. The largest absolute Gasteiger partial charge is 0.444 e. The van der Waals surface area contributed by atoms with E-state index in [1.54, 1.807) is 11.1 Å². The van der Waals surface area contributed by atoms with Crippen LogP contribution in [0, 0.1) is 3.57 Å². The fraction of sp³-hybridized carbons (Fsp3) is 0.500. The van der Waals surface area contributed by atoms with Gasteiger partial charge in [-0.25, -0.2) is 9.78 Å². The Labute approximate surface area is 171 Å². The summed E-state index contributed by atoms with van der Waals surface area (Å²) in [5.41, 5.74) is 0.234. The van der Waals surface area contributed by atoms with Crippen molar-refractivity contribution >= 4 is 46.1 Å². The Morgan fingerprint density at radius 1 is 1.33 bits per heavy atom. The van der Waals surface area contributed by atoms with Crippen molar-refractivity contribution in [3.63, 3.8) is 0 Å². The van der Waals surface area contributed by atoms with Gasteiger partial charge in [0, 0.05) is 16.3 Å². The second kappa shape index (κ2) is 8.01. The van der Waals surface area contributed by atoms with Crippen LogP contribution in [0.25, 0.3) is 5.65 Å². The molecule has 1 saturated heterocycles. The summed E-state index contributed by atoms with van der Waals surface area (Å²) in [5.74, 6) is 0.205. The van der Waals surface area contributed by atoms with Crippen molar-refractivity contribution in [2.75, 3.05) is 25.0 Å². The maximum Gasteiger partial charge on any atom is 0.410 e. The number of carbonyl (C=O) groups is 2. The van der Waals surface area contributed by atoms with Gasteiger partial charge in [0.1, 0.15) is 17.9 Å². The van der Waals surface area contributed by atoms with Gasteiger partial charge in [0.2, 0.25) is 0 Å². The summed E-state index contributed by atoms with van der Waals surface area (Å²) in [6, 6.07) is 3.84. The first-order valence-corrected chi connectivity index (χ1v) is 9.81. The highest BCUT2D eigenvalue weighted by Gasteiger charge is 2.30. The van der Waals surface area contributed by atoms with Crippen LogP contribution in [0.1, 0.15) is 27.2 Å². The number of nitrogens with zero attached hydrogens (tertiary/aromatic N) is 3. The number of hydrogen-bond acceptors (Lipinski definition) is 5. The molecule has 2 aromatic rings. The molecule has 0 bridgehead atoms. The summed E-state index contributed by atoms with van der Waals surface area (Å²) < 4.78 is 13.9. The van der Waals surface area contributed by atoms with E-state index in [9.17, 15) is 9.59 Å². The van der Waals surface area contributed by atoms with E-state index < -0.39 is 5.60 Å². The number of likely N-dealkylation sites (tertiary alicyclic amines) is 1. The monoisotopic (exact) mass is 486 g/mol. The SMILES string of the molecule is CC(C)(C)OC(=O)N1CCC(OCC(=O)Nc2cn3cc(I)ccc3n2)C1. The maximum atomic E-state index is 12.1. The number of halogens is 1. The van der Waals surface area contributed by atoms with E-state index in [0.717, 1.165) is 9.22 Å². The molecule has 27 heavy (non-hydrogen) atoms. The second-order valence-corrected chi connectivity index (χ2v) is 8.68. The fourth-order valence-corrected chi connectivity index (χ4v) is 3.23. The molecule has 0 aliphatic carbocycles. The summed E-state index contributed by atoms with van der Waals surface area (Å²) in [4.78, 5) is 30.1. The normalized spacial score (nSPS) is 17.3. The lowest BCUT2D eigenvalue weighted by molar-refractivity contribution is -0.122. The van der Waals surface area contributed by atoms with Crippen LogP contribution in [0.5, 0.6) is 0 Å². The number of anilines is 1. The van der Waals surface area contributed by atoms with Gasteiger partial charge in [-0.15, -0.1) is 0 Å². The number of pyridine rings is 1. The van der Waals surface area contributed by atoms with E-state index >= 15 is 0 Å². The van der Waals surface area contributed by atoms with Crippen LogP contribution < -0.4 is 5.32 Å². The van der Waals surface area contributed by atoms with Crippen molar-refractivity contribution in [3.8, 4) is 0 Å². The van der Waals surface area contributed by atoms with Gasteiger partial charge in [-0.2, -0.15) is 0 Å². The summed E-state index contributed by atoms with van der Waals surface area (Å²) in [6.07, 6.45) is 3.84. The molecule has 1 N–H and O–H groups in total. The number of carbonyl (C=O) groups excluding carboxylic acids is 2. The van der Waals surface area contributed by atoms with Crippen LogP contribution in [0.15, 0.2) is 24.5 Å². The van der Waals surface area contributed by atoms with Crippen LogP contribution in [0.4, 0.5) is 10.6 Å². The van der Waals surface area contributed by atoms with Crippen LogP contribution >= 0.6 is 22.6 Å². The average Bonchev–Trinajstić information content (AvgIpc) is 3.17. The topological polar surface area (TPSA) is 85.2 Å². The zero-order valence-corrected chi connectivity index (χ0v) is 17.7. The number of rotatable bonds is 4. The van der Waals surface area contributed by atoms with Gasteiger partial charge < -0.3 is 24.1 Å². The van der Waals surface area contributed by atoms with Crippen molar-refractivity contribution in [2.45, 2.75) is 38.9 Å². The Kier molecular flexibility index (Phi) is 5.89. The molecule has 1 atom stereocenters. The Morgan fingerprint density at radius 3 is 2.85 bits per heavy atom. The van der Waals surface area contributed by atoms with E-state index in [2.05, 4.69) is 32.9 Å². The molecule has 8 nitrogen and oxygen atoms in total. The Morgan fingerprint density at radius 2 is 2.11 bits per heavy atom. The Balaban J connectivity index is 1.46. The predicted molar refractivity (Wildman–Crippen MR) is 109 cm³/mol. The van der Waals surface area contributed by atoms with Crippen molar-refractivity contribution in [2.24, 2.45) is 0 Å². The lowest BCUT2D eigenvalue weighted by Crippen LogP contribution is -2.36.